The van der Waals surface area contributed by atoms with E-state index in [1.54, 1.807) is 0 Å². The lowest BCUT2D eigenvalue weighted by Crippen LogP contribution is -2.53. The highest BCUT2D eigenvalue weighted by atomic mass is 19.4. The first-order valence-electron chi connectivity index (χ1n) is 5.03. The Hall–Kier alpha value is -0.820. The van der Waals surface area contributed by atoms with Gasteiger partial charge in [-0.15, -0.1) is 0 Å². The van der Waals surface area contributed by atoms with Gasteiger partial charge in [0, 0.05) is 13.1 Å². The first kappa shape index (κ1) is 13.2. The molecule has 2 atom stereocenters. The highest BCUT2D eigenvalue weighted by Gasteiger charge is 2.61. The maximum atomic E-state index is 12.8. The van der Waals surface area contributed by atoms with Gasteiger partial charge in [0.15, 0.2) is 5.41 Å². The predicted molar refractivity (Wildman–Crippen MR) is 50.7 cm³/mol. The fourth-order valence-electron chi connectivity index (χ4n) is 1.67. The van der Waals surface area contributed by atoms with E-state index >= 15 is 0 Å². The summed E-state index contributed by atoms with van der Waals surface area (Å²) in [6, 6.07) is 0. The number of hydrogen-bond donors (Lipinski definition) is 3. The lowest BCUT2D eigenvalue weighted by Gasteiger charge is -2.29. The first-order valence-corrected chi connectivity index (χ1v) is 5.03. The van der Waals surface area contributed by atoms with Gasteiger partial charge in [0.2, 0.25) is 5.91 Å². The Balaban J connectivity index is 2.74. The highest BCUT2D eigenvalue weighted by Crippen LogP contribution is 2.43. The number of alkyl halides is 3. The van der Waals surface area contributed by atoms with Crippen LogP contribution in [-0.4, -0.2) is 42.9 Å². The molecule has 1 saturated heterocycles. The number of nitrogens with one attached hydrogen (secondary N) is 2. The van der Waals surface area contributed by atoms with Crippen molar-refractivity contribution >= 4 is 5.91 Å². The van der Waals surface area contributed by atoms with Gasteiger partial charge in [-0.05, 0) is 19.9 Å². The molecule has 0 aromatic heterocycles. The molecule has 1 aliphatic rings. The molecule has 0 aromatic carbocycles. The van der Waals surface area contributed by atoms with Gasteiger partial charge in [-0.2, -0.15) is 13.2 Å². The number of aliphatic hydroxyl groups excluding tert-OH is 1. The van der Waals surface area contributed by atoms with E-state index < -0.39 is 30.1 Å². The van der Waals surface area contributed by atoms with Crippen molar-refractivity contribution in [3.63, 3.8) is 0 Å². The van der Waals surface area contributed by atoms with Gasteiger partial charge in [0.25, 0.3) is 0 Å². The molecule has 1 amide bonds. The number of aliphatic hydroxyl groups is 1. The Morgan fingerprint density at radius 1 is 1.62 bits per heavy atom. The molecule has 0 aromatic rings. The van der Waals surface area contributed by atoms with Crippen molar-refractivity contribution in [3.8, 4) is 0 Å². The number of amides is 1. The van der Waals surface area contributed by atoms with Gasteiger partial charge >= 0.3 is 6.18 Å². The van der Waals surface area contributed by atoms with Crippen LogP contribution in [0.3, 0.4) is 0 Å². The van der Waals surface area contributed by atoms with Crippen molar-refractivity contribution in [3.05, 3.63) is 0 Å². The average molecular weight is 240 g/mol. The summed E-state index contributed by atoms with van der Waals surface area (Å²) in [5.41, 5.74) is -2.35. The van der Waals surface area contributed by atoms with E-state index in [1.165, 1.54) is 6.92 Å². The van der Waals surface area contributed by atoms with Crippen LogP contribution >= 0.6 is 0 Å². The lowest BCUT2D eigenvalue weighted by atomic mass is 9.85. The molecular formula is C9H15F3N2O2. The minimum Gasteiger partial charge on any atom is -0.392 e. The van der Waals surface area contributed by atoms with Crippen LogP contribution in [0.25, 0.3) is 0 Å². The summed E-state index contributed by atoms with van der Waals surface area (Å²) >= 11 is 0. The summed E-state index contributed by atoms with van der Waals surface area (Å²) in [7, 11) is 0. The Morgan fingerprint density at radius 2 is 2.25 bits per heavy atom. The first-order chi connectivity index (χ1) is 7.29. The third-order valence-electron chi connectivity index (χ3n) is 2.69. The predicted octanol–water partition coefficient (Wildman–Crippen LogP) is 0.0254. The van der Waals surface area contributed by atoms with Crippen molar-refractivity contribution in [1.29, 1.82) is 0 Å². The van der Waals surface area contributed by atoms with Crippen LogP contribution in [0, 0.1) is 5.41 Å². The van der Waals surface area contributed by atoms with Crippen molar-refractivity contribution in [2.24, 2.45) is 5.41 Å². The molecule has 1 aliphatic heterocycles. The number of carbonyl (C=O) groups is 1. The zero-order chi connectivity index (χ0) is 12.4. The maximum absolute atomic E-state index is 12.8. The number of halogens is 3. The monoisotopic (exact) mass is 240 g/mol. The lowest BCUT2D eigenvalue weighted by molar-refractivity contribution is -0.216. The molecule has 94 valence electrons. The summed E-state index contributed by atoms with van der Waals surface area (Å²) in [4.78, 5) is 11.5. The molecule has 3 N–H and O–H groups in total. The van der Waals surface area contributed by atoms with Gasteiger partial charge in [-0.3, -0.25) is 4.79 Å². The van der Waals surface area contributed by atoms with Crippen molar-refractivity contribution in [1.82, 2.24) is 10.6 Å². The smallest absolute Gasteiger partial charge is 0.392 e. The summed E-state index contributed by atoms with van der Waals surface area (Å²) < 4.78 is 38.5. The van der Waals surface area contributed by atoms with Crippen LogP contribution < -0.4 is 10.6 Å². The summed E-state index contributed by atoms with van der Waals surface area (Å²) in [6.45, 7) is 0.994. The van der Waals surface area contributed by atoms with Gasteiger partial charge in [0.05, 0.1) is 6.10 Å². The van der Waals surface area contributed by atoms with Gasteiger partial charge < -0.3 is 15.7 Å². The molecule has 0 radical (unpaired) electrons. The Kier molecular flexibility index (Phi) is 3.80. The normalized spacial score (nSPS) is 27.8. The quantitative estimate of drug-likeness (QED) is 0.652. The molecule has 0 bridgehead atoms. The van der Waals surface area contributed by atoms with E-state index in [1.807, 2.05) is 0 Å². The standard InChI is InChI=1S/C9H15F3N2O2/c1-6(15)4-14-7(16)8(9(10,11)12)2-3-13-5-8/h6,13,15H,2-5H2,1H3,(H,14,16). The van der Waals surface area contributed by atoms with Crippen LogP contribution in [-0.2, 0) is 4.79 Å². The van der Waals surface area contributed by atoms with Crippen LogP contribution in [0.4, 0.5) is 13.2 Å². The number of hydrogen-bond acceptors (Lipinski definition) is 3. The average Bonchev–Trinajstić information content (AvgIpc) is 2.62. The van der Waals surface area contributed by atoms with E-state index in [2.05, 4.69) is 10.6 Å². The highest BCUT2D eigenvalue weighted by molar-refractivity contribution is 5.84. The molecule has 0 aliphatic carbocycles. The minimum absolute atomic E-state index is 0.168. The zero-order valence-electron chi connectivity index (χ0n) is 8.90. The molecule has 0 saturated carbocycles. The molecule has 16 heavy (non-hydrogen) atoms. The van der Waals surface area contributed by atoms with Crippen LogP contribution in [0.5, 0.6) is 0 Å². The Labute approximate surface area is 91.2 Å². The van der Waals surface area contributed by atoms with Crippen molar-refractivity contribution in [2.45, 2.75) is 25.6 Å². The summed E-state index contributed by atoms with van der Waals surface area (Å²) in [5, 5.41) is 13.6. The van der Waals surface area contributed by atoms with E-state index in [0.29, 0.717) is 0 Å². The van der Waals surface area contributed by atoms with Crippen molar-refractivity contribution in [2.75, 3.05) is 19.6 Å². The molecule has 2 unspecified atom stereocenters. The van der Waals surface area contributed by atoms with Crippen LogP contribution in [0.15, 0.2) is 0 Å². The fourth-order valence-corrected chi connectivity index (χ4v) is 1.67. The second-order valence-electron chi connectivity index (χ2n) is 4.07. The van der Waals surface area contributed by atoms with E-state index in [4.69, 9.17) is 5.11 Å². The molecule has 1 fully saturated rings. The molecule has 7 heteroatoms. The molecular weight excluding hydrogens is 225 g/mol. The summed E-state index contributed by atoms with van der Waals surface area (Å²) in [6.07, 6.45) is -5.69. The minimum atomic E-state index is -4.57. The van der Waals surface area contributed by atoms with Crippen molar-refractivity contribution < 1.29 is 23.1 Å². The zero-order valence-corrected chi connectivity index (χ0v) is 8.90. The molecule has 0 spiro atoms. The van der Waals surface area contributed by atoms with E-state index in [9.17, 15) is 18.0 Å². The Bertz CT molecular complexity index is 260. The number of carbonyl (C=O) groups excluding carboxylic acids is 1. The second kappa shape index (κ2) is 4.58. The van der Waals surface area contributed by atoms with E-state index in [-0.39, 0.29) is 19.5 Å². The largest absolute Gasteiger partial charge is 0.404 e. The topological polar surface area (TPSA) is 61.4 Å². The fraction of sp³-hybridized carbons (Fsp3) is 0.889. The van der Waals surface area contributed by atoms with Crippen LogP contribution in [0.2, 0.25) is 0 Å². The van der Waals surface area contributed by atoms with Gasteiger partial charge in [0.1, 0.15) is 0 Å². The van der Waals surface area contributed by atoms with Gasteiger partial charge in [-0.1, -0.05) is 0 Å². The third-order valence-corrected chi connectivity index (χ3v) is 2.69. The maximum Gasteiger partial charge on any atom is 0.404 e. The van der Waals surface area contributed by atoms with E-state index in [0.717, 1.165) is 0 Å². The SMILES string of the molecule is CC(O)CNC(=O)C1(C(F)(F)F)CCNC1. The molecule has 1 heterocycles. The second-order valence-corrected chi connectivity index (χ2v) is 4.07. The third kappa shape index (κ3) is 2.46. The molecule has 1 rings (SSSR count). The van der Waals surface area contributed by atoms with Crippen LogP contribution in [0.1, 0.15) is 13.3 Å². The Morgan fingerprint density at radius 3 is 2.62 bits per heavy atom. The number of rotatable bonds is 3. The van der Waals surface area contributed by atoms with Gasteiger partial charge in [-0.25, -0.2) is 0 Å². The molecule has 4 nitrogen and oxygen atoms in total. The summed E-state index contributed by atoms with van der Waals surface area (Å²) in [5.74, 6) is -1.06.